The summed E-state index contributed by atoms with van der Waals surface area (Å²) in [7, 11) is 3.32. The van der Waals surface area contributed by atoms with Gasteiger partial charge < -0.3 is 34.7 Å². The summed E-state index contributed by atoms with van der Waals surface area (Å²) in [5, 5.41) is 3.80. The number of benzene rings is 3. The number of imidazole rings is 1. The number of fused-ring (bicyclic) bond motifs is 3. The largest absolute Gasteiger partial charge is 0.497 e. The van der Waals surface area contributed by atoms with E-state index in [2.05, 4.69) is 34.5 Å². The second-order valence-electron chi connectivity index (χ2n) is 11.6. The monoisotopic (exact) mass is 676 g/mol. The third-order valence-electron chi connectivity index (χ3n) is 7.19. The number of amides is 1. The average molecular weight is 678 g/mol. The summed E-state index contributed by atoms with van der Waals surface area (Å²) in [6.07, 6.45) is 0.202. The fourth-order valence-electron chi connectivity index (χ4n) is 5.13. The van der Waals surface area contributed by atoms with Crippen LogP contribution in [-0.4, -0.2) is 47.0 Å². The smallest absolute Gasteiger partial charge is 0.407 e. The molecule has 5 rings (SSSR count). The molecule has 5 aromatic rings. The van der Waals surface area contributed by atoms with E-state index < -0.39 is 11.7 Å². The van der Waals surface area contributed by atoms with Crippen molar-refractivity contribution in [3.8, 4) is 11.5 Å². The number of para-hydroxylation sites is 1. The molecule has 3 N–H and O–H groups in total. The molecular weight excluding hydrogens is 636 g/mol. The van der Waals surface area contributed by atoms with Crippen LogP contribution < -0.4 is 25.4 Å². The Balaban J connectivity index is 0.00000461. The third kappa shape index (κ3) is 8.16. The molecule has 11 heteroatoms. The zero-order valence-corrected chi connectivity index (χ0v) is 28.1. The first-order chi connectivity index (χ1) is 21.1. The Hall–Kier alpha value is -4.51. The lowest BCUT2D eigenvalue weighted by atomic mass is 10.1. The molecule has 2 aromatic heterocycles. The number of aromatic nitrogens is 3. The van der Waals surface area contributed by atoms with Gasteiger partial charge in [0.25, 0.3) is 0 Å². The van der Waals surface area contributed by atoms with Crippen molar-refractivity contribution >= 4 is 56.8 Å². The number of carbonyl (C=O) groups excluding carboxylic acids is 1. The fourth-order valence-corrected chi connectivity index (χ4v) is 5.13. The number of nitrogens with zero attached hydrogens (tertiary/aromatic N) is 4. The van der Waals surface area contributed by atoms with Crippen molar-refractivity contribution in [2.75, 3.05) is 31.4 Å². The third-order valence-corrected chi connectivity index (χ3v) is 7.19. The minimum Gasteiger partial charge on any atom is -0.497 e. The number of aryl methyl sites for hydroxylation is 1. The highest BCUT2D eigenvalue weighted by molar-refractivity contribution is 8.93. The molecule has 0 bridgehead atoms. The quantitative estimate of drug-likeness (QED) is 0.145. The molecule has 0 saturated carbocycles. The number of alkyl carbamates (subject to hydrolysis) is 1. The van der Waals surface area contributed by atoms with Crippen molar-refractivity contribution in [1.82, 2.24) is 19.9 Å². The lowest BCUT2D eigenvalue weighted by Crippen LogP contribution is -2.33. The Morgan fingerprint density at radius 2 is 1.47 bits per heavy atom. The van der Waals surface area contributed by atoms with Gasteiger partial charge in [-0.2, -0.15) is 0 Å². The summed E-state index contributed by atoms with van der Waals surface area (Å²) >= 11 is 0. The maximum atomic E-state index is 12.2. The Kier molecular flexibility index (Phi) is 10.8. The number of hydrogen-bond donors (Lipinski definition) is 2. The molecule has 0 unspecified atom stereocenters. The van der Waals surface area contributed by atoms with Crippen LogP contribution in [0.3, 0.4) is 0 Å². The number of rotatable bonds is 11. The van der Waals surface area contributed by atoms with Gasteiger partial charge in [0.1, 0.15) is 22.6 Å². The zero-order chi connectivity index (χ0) is 31.3. The minimum atomic E-state index is -0.555. The molecule has 0 aliphatic carbocycles. The van der Waals surface area contributed by atoms with Crippen LogP contribution in [0.25, 0.3) is 21.9 Å². The predicted molar refractivity (Wildman–Crippen MR) is 184 cm³/mol. The molecule has 2 heterocycles. The summed E-state index contributed by atoms with van der Waals surface area (Å²) in [6.45, 7) is 7.69. The summed E-state index contributed by atoms with van der Waals surface area (Å²) in [5.41, 5.74) is 10.7. The lowest BCUT2D eigenvalue weighted by Gasteiger charge is -2.25. The molecule has 1 amide bonds. The van der Waals surface area contributed by atoms with Gasteiger partial charge in [0, 0.05) is 31.6 Å². The number of carbonyl (C=O) groups is 1. The van der Waals surface area contributed by atoms with Gasteiger partial charge in [-0.25, -0.2) is 14.8 Å². The molecule has 238 valence electrons. The number of nitrogens with one attached hydrogen (secondary N) is 1. The second kappa shape index (κ2) is 14.5. The summed E-state index contributed by atoms with van der Waals surface area (Å²) in [6, 6.07) is 24.1. The first-order valence-corrected chi connectivity index (χ1v) is 14.7. The molecule has 0 fully saturated rings. The molecule has 3 aromatic carbocycles. The van der Waals surface area contributed by atoms with Crippen LogP contribution in [0.4, 0.5) is 16.6 Å². The topological polar surface area (TPSA) is 117 Å². The predicted octanol–water partition coefficient (Wildman–Crippen LogP) is 6.88. The molecule has 10 nitrogen and oxygen atoms in total. The van der Waals surface area contributed by atoms with E-state index in [4.69, 9.17) is 29.9 Å². The van der Waals surface area contributed by atoms with Crippen LogP contribution in [0.15, 0.2) is 72.8 Å². The number of halogens is 1. The normalized spacial score (nSPS) is 11.2. The highest BCUT2D eigenvalue weighted by Gasteiger charge is 2.22. The second-order valence-corrected chi connectivity index (χ2v) is 11.6. The van der Waals surface area contributed by atoms with Gasteiger partial charge in [-0.05, 0) is 68.7 Å². The van der Waals surface area contributed by atoms with Crippen molar-refractivity contribution in [3.63, 3.8) is 0 Å². The molecule has 0 atom stereocenters. The first kappa shape index (κ1) is 33.4. The van der Waals surface area contributed by atoms with E-state index in [0.717, 1.165) is 50.4 Å². The van der Waals surface area contributed by atoms with Crippen LogP contribution in [0.5, 0.6) is 11.5 Å². The van der Waals surface area contributed by atoms with E-state index in [1.165, 1.54) is 0 Å². The molecule has 45 heavy (non-hydrogen) atoms. The van der Waals surface area contributed by atoms with Gasteiger partial charge in [-0.15, -0.1) is 17.0 Å². The highest BCUT2D eigenvalue weighted by atomic mass is 79.9. The number of ether oxygens (including phenoxy) is 3. The number of nitrogens with two attached hydrogens (primary N) is 1. The Morgan fingerprint density at radius 1 is 0.889 bits per heavy atom. The van der Waals surface area contributed by atoms with Crippen LogP contribution >= 0.6 is 17.0 Å². The molecule has 0 aliphatic rings. The Labute approximate surface area is 274 Å². The van der Waals surface area contributed by atoms with E-state index in [-0.39, 0.29) is 17.0 Å². The van der Waals surface area contributed by atoms with E-state index in [1.54, 1.807) is 14.2 Å². The number of methoxy groups -OCH3 is 2. The zero-order valence-electron chi connectivity index (χ0n) is 26.4. The number of pyridine rings is 1. The Morgan fingerprint density at radius 3 is 2.02 bits per heavy atom. The maximum absolute atomic E-state index is 12.2. The van der Waals surface area contributed by atoms with Gasteiger partial charge >= 0.3 is 6.09 Å². The van der Waals surface area contributed by atoms with Crippen LogP contribution in [-0.2, 0) is 24.4 Å². The molecule has 0 radical (unpaired) electrons. The van der Waals surface area contributed by atoms with Gasteiger partial charge in [0.2, 0.25) is 5.95 Å². The van der Waals surface area contributed by atoms with Crippen molar-refractivity contribution < 1.29 is 19.0 Å². The van der Waals surface area contributed by atoms with Crippen molar-refractivity contribution in [2.24, 2.45) is 0 Å². The molecular formula is C34H41BrN6O4. The van der Waals surface area contributed by atoms with E-state index in [1.807, 2.05) is 73.9 Å². The van der Waals surface area contributed by atoms with Gasteiger partial charge in [0.15, 0.2) is 5.82 Å². The molecule has 0 spiro atoms. The highest BCUT2D eigenvalue weighted by Crippen LogP contribution is 2.34. The summed E-state index contributed by atoms with van der Waals surface area (Å²) in [4.78, 5) is 24.4. The standard InChI is InChI=1S/C34H40N6O4.BrH/c1-34(2,3)44-33(41)36-19-8-20-40-30-27-9-6-7-10-28(27)37-31(29(30)38-32(40)35)39(21-23-11-15-25(42-4)16-12-23)22-24-13-17-26(43-5)18-14-24;/h6-7,9-18H,8,19-22H2,1-5H3,(H2,35,38)(H,36,41);1H. The van der Waals surface area contributed by atoms with E-state index in [0.29, 0.717) is 38.5 Å². The van der Waals surface area contributed by atoms with E-state index >= 15 is 0 Å². The van der Waals surface area contributed by atoms with E-state index in [9.17, 15) is 4.79 Å². The minimum absolute atomic E-state index is 0. The number of anilines is 2. The summed E-state index contributed by atoms with van der Waals surface area (Å²) in [5.74, 6) is 2.73. The fraction of sp³-hybridized carbons (Fsp3) is 0.324. The number of nitrogen functional groups attached to an aromatic ring is 1. The number of hydrogen-bond acceptors (Lipinski definition) is 8. The van der Waals surface area contributed by atoms with Crippen LogP contribution in [0.2, 0.25) is 0 Å². The summed E-state index contributed by atoms with van der Waals surface area (Å²) < 4.78 is 18.1. The van der Waals surface area contributed by atoms with Crippen LogP contribution in [0, 0.1) is 0 Å². The van der Waals surface area contributed by atoms with Crippen LogP contribution in [0.1, 0.15) is 38.3 Å². The average Bonchev–Trinajstić information content (AvgIpc) is 3.34. The van der Waals surface area contributed by atoms with Crippen molar-refractivity contribution in [2.45, 2.75) is 52.4 Å². The van der Waals surface area contributed by atoms with Crippen molar-refractivity contribution in [1.29, 1.82) is 0 Å². The van der Waals surface area contributed by atoms with Gasteiger partial charge in [0.05, 0.1) is 25.3 Å². The first-order valence-electron chi connectivity index (χ1n) is 14.7. The van der Waals surface area contributed by atoms with Gasteiger partial charge in [-0.1, -0.05) is 42.5 Å². The van der Waals surface area contributed by atoms with Gasteiger partial charge in [-0.3, -0.25) is 0 Å². The maximum Gasteiger partial charge on any atom is 0.407 e. The molecule has 0 aliphatic heterocycles. The van der Waals surface area contributed by atoms with Crippen molar-refractivity contribution in [3.05, 3.63) is 83.9 Å². The molecule has 0 saturated heterocycles. The SMILES string of the molecule is Br.COc1ccc(CN(Cc2ccc(OC)cc2)c2nc3ccccc3c3c2nc(N)n3CCCNC(=O)OC(C)(C)C)cc1. The Bertz CT molecular complexity index is 1680. The lowest BCUT2D eigenvalue weighted by molar-refractivity contribution is 0.0527.